The van der Waals surface area contributed by atoms with Crippen molar-refractivity contribution in [3.8, 4) is 0 Å². The number of sulfonamides is 1. The molecule has 0 aromatic heterocycles. The van der Waals surface area contributed by atoms with Gasteiger partial charge in [0.1, 0.15) is 5.82 Å². The molecule has 118 valence electrons. The highest BCUT2D eigenvalue weighted by atomic mass is 79.9. The second-order valence-electron chi connectivity index (χ2n) is 4.26. The molecule has 2 aromatic carbocycles. The van der Waals surface area contributed by atoms with Crippen LogP contribution in [0.1, 0.15) is 5.56 Å². The number of halogens is 5. The predicted molar refractivity (Wildman–Crippen MR) is 76.4 cm³/mol. The Hall–Kier alpha value is -1.61. The van der Waals surface area contributed by atoms with Gasteiger partial charge in [-0.2, -0.15) is 13.2 Å². The zero-order valence-electron chi connectivity index (χ0n) is 10.7. The van der Waals surface area contributed by atoms with Crippen LogP contribution in [0.4, 0.5) is 23.2 Å². The summed E-state index contributed by atoms with van der Waals surface area (Å²) in [6.07, 6.45) is -4.65. The quantitative estimate of drug-likeness (QED) is 0.779. The summed E-state index contributed by atoms with van der Waals surface area (Å²) in [5, 5.41) is 0. The van der Waals surface area contributed by atoms with Crippen molar-refractivity contribution in [3.05, 3.63) is 58.3 Å². The zero-order chi connectivity index (χ0) is 16.5. The van der Waals surface area contributed by atoms with Crippen molar-refractivity contribution in [1.82, 2.24) is 0 Å². The number of hydrogen-bond donors (Lipinski definition) is 1. The summed E-state index contributed by atoms with van der Waals surface area (Å²) in [7, 11) is -4.23. The topological polar surface area (TPSA) is 46.2 Å². The van der Waals surface area contributed by atoms with Gasteiger partial charge in [-0.25, -0.2) is 12.8 Å². The van der Waals surface area contributed by atoms with Gasteiger partial charge < -0.3 is 0 Å². The van der Waals surface area contributed by atoms with E-state index < -0.39 is 32.5 Å². The highest BCUT2D eigenvalue weighted by Gasteiger charge is 2.31. The van der Waals surface area contributed by atoms with E-state index in [9.17, 15) is 26.0 Å². The first-order valence-electron chi connectivity index (χ1n) is 5.75. The van der Waals surface area contributed by atoms with E-state index in [2.05, 4.69) is 20.7 Å². The number of nitrogens with one attached hydrogen (secondary N) is 1. The van der Waals surface area contributed by atoms with Gasteiger partial charge in [-0.3, -0.25) is 4.72 Å². The SMILES string of the molecule is O=S(=O)(Nc1ccc(F)cc1Br)c1cccc(C(F)(F)F)c1. The lowest BCUT2D eigenvalue weighted by Gasteiger charge is -2.12. The van der Waals surface area contributed by atoms with Crippen LogP contribution < -0.4 is 4.72 Å². The third-order valence-electron chi connectivity index (χ3n) is 2.65. The number of hydrogen-bond acceptors (Lipinski definition) is 2. The van der Waals surface area contributed by atoms with Crippen molar-refractivity contribution >= 4 is 31.6 Å². The fourth-order valence-electron chi connectivity index (χ4n) is 1.62. The van der Waals surface area contributed by atoms with Crippen molar-refractivity contribution in [3.63, 3.8) is 0 Å². The molecule has 0 saturated heterocycles. The normalized spacial score (nSPS) is 12.2. The maximum atomic E-state index is 13.0. The number of rotatable bonds is 3. The largest absolute Gasteiger partial charge is 0.416 e. The maximum absolute atomic E-state index is 13.0. The lowest BCUT2D eigenvalue weighted by atomic mass is 10.2. The lowest BCUT2D eigenvalue weighted by molar-refractivity contribution is -0.137. The van der Waals surface area contributed by atoms with Gasteiger partial charge in [-0.05, 0) is 52.3 Å². The van der Waals surface area contributed by atoms with E-state index >= 15 is 0 Å². The van der Waals surface area contributed by atoms with E-state index in [-0.39, 0.29) is 10.2 Å². The molecule has 0 saturated carbocycles. The van der Waals surface area contributed by atoms with Crippen molar-refractivity contribution < 1.29 is 26.0 Å². The van der Waals surface area contributed by atoms with Gasteiger partial charge in [-0.1, -0.05) is 6.07 Å². The van der Waals surface area contributed by atoms with Crippen LogP contribution in [0.2, 0.25) is 0 Å². The van der Waals surface area contributed by atoms with Crippen LogP contribution in [0, 0.1) is 5.82 Å². The molecule has 0 atom stereocenters. The van der Waals surface area contributed by atoms with Gasteiger partial charge in [0.05, 0.1) is 16.1 Å². The molecular weight excluding hydrogens is 390 g/mol. The number of anilines is 1. The Kier molecular flexibility index (Phi) is 4.48. The Morgan fingerprint density at radius 2 is 1.73 bits per heavy atom. The van der Waals surface area contributed by atoms with E-state index in [1.165, 1.54) is 0 Å². The molecule has 0 heterocycles. The molecule has 3 nitrogen and oxygen atoms in total. The minimum absolute atomic E-state index is 0.0128. The van der Waals surface area contributed by atoms with Crippen molar-refractivity contribution in [2.24, 2.45) is 0 Å². The van der Waals surface area contributed by atoms with Crippen LogP contribution in [-0.4, -0.2) is 8.42 Å². The molecule has 0 bridgehead atoms. The summed E-state index contributed by atoms with van der Waals surface area (Å²) < 4.78 is 77.3. The summed E-state index contributed by atoms with van der Waals surface area (Å²) in [6, 6.07) is 6.54. The van der Waals surface area contributed by atoms with Crippen LogP contribution in [0.25, 0.3) is 0 Å². The second-order valence-corrected chi connectivity index (χ2v) is 6.79. The lowest BCUT2D eigenvalue weighted by Crippen LogP contribution is -2.15. The Labute approximate surface area is 132 Å². The highest BCUT2D eigenvalue weighted by molar-refractivity contribution is 9.10. The fraction of sp³-hybridized carbons (Fsp3) is 0.0769. The van der Waals surface area contributed by atoms with Gasteiger partial charge in [0.2, 0.25) is 0 Å². The molecule has 0 unspecified atom stereocenters. The smallest absolute Gasteiger partial charge is 0.278 e. The first kappa shape index (κ1) is 16.8. The standard InChI is InChI=1S/C13H8BrF4NO2S/c14-11-7-9(15)4-5-12(11)19-22(20,21)10-3-1-2-8(6-10)13(16,17)18/h1-7,19H. The monoisotopic (exact) mass is 397 g/mol. The molecule has 0 aliphatic rings. The molecule has 0 aliphatic carbocycles. The van der Waals surface area contributed by atoms with Gasteiger partial charge in [0, 0.05) is 4.47 Å². The average Bonchev–Trinajstić information content (AvgIpc) is 2.41. The molecule has 0 spiro atoms. The van der Waals surface area contributed by atoms with Gasteiger partial charge in [-0.15, -0.1) is 0 Å². The van der Waals surface area contributed by atoms with E-state index in [0.717, 1.165) is 36.4 Å². The molecule has 9 heteroatoms. The molecule has 0 amide bonds. The van der Waals surface area contributed by atoms with Crippen LogP contribution >= 0.6 is 15.9 Å². The van der Waals surface area contributed by atoms with Crippen LogP contribution in [-0.2, 0) is 16.2 Å². The van der Waals surface area contributed by atoms with Crippen LogP contribution in [0.15, 0.2) is 51.8 Å². The Morgan fingerprint density at radius 1 is 1.05 bits per heavy atom. The van der Waals surface area contributed by atoms with Crippen molar-refractivity contribution in [1.29, 1.82) is 0 Å². The minimum atomic E-state index is -4.65. The Balaban J connectivity index is 2.39. The Morgan fingerprint density at radius 3 is 2.32 bits per heavy atom. The minimum Gasteiger partial charge on any atom is -0.278 e. The van der Waals surface area contributed by atoms with E-state index in [4.69, 9.17) is 0 Å². The number of alkyl halides is 3. The van der Waals surface area contributed by atoms with Crippen molar-refractivity contribution in [2.45, 2.75) is 11.1 Å². The van der Waals surface area contributed by atoms with E-state index in [1.54, 1.807) is 0 Å². The van der Waals surface area contributed by atoms with Crippen LogP contribution in [0.5, 0.6) is 0 Å². The molecule has 22 heavy (non-hydrogen) atoms. The van der Waals surface area contributed by atoms with Crippen LogP contribution in [0.3, 0.4) is 0 Å². The maximum Gasteiger partial charge on any atom is 0.416 e. The summed E-state index contributed by atoms with van der Waals surface area (Å²) in [5.74, 6) is -0.589. The molecule has 0 aliphatic heterocycles. The fourth-order valence-corrected chi connectivity index (χ4v) is 3.32. The molecule has 2 rings (SSSR count). The molecular formula is C13H8BrF4NO2S. The summed E-state index contributed by atoms with van der Waals surface area (Å²) in [4.78, 5) is -0.543. The molecule has 2 aromatic rings. The Bertz CT molecular complexity index is 806. The molecule has 0 fully saturated rings. The average molecular weight is 398 g/mol. The predicted octanol–water partition coefficient (Wildman–Crippen LogP) is 4.41. The third kappa shape index (κ3) is 3.77. The summed E-state index contributed by atoms with van der Waals surface area (Å²) >= 11 is 2.97. The molecule has 0 radical (unpaired) electrons. The first-order valence-corrected chi connectivity index (χ1v) is 8.02. The third-order valence-corrected chi connectivity index (χ3v) is 4.67. The van der Waals surface area contributed by atoms with Gasteiger partial charge in [0.25, 0.3) is 10.0 Å². The van der Waals surface area contributed by atoms with E-state index in [0.29, 0.717) is 6.07 Å². The van der Waals surface area contributed by atoms with Crippen molar-refractivity contribution in [2.75, 3.05) is 4.72 Å². The summed E-state index contributed by atoms with van der Waals surface area (Å²) in [5.41, 5.74) is -1.06. The zero-order valence-corrected chi connectivity index (χ0v) is 13.1. The van der Waals surface area contributed by atoms with Gasteiger partial charge in [0.15, 0.2) is 0 Å². The van der Waals surface area contributed by atoms with Gasteiger partial charge >= 0.3 is 6.18 Å². The highest BCUT2D eigenvalue weighted by Crippen LogP contribution is 2.31. The van der Waals surface area contributed by atoms with E-state index in [1.807, 2.05) is 0 Å². The molecule has 1 N–H and O–H groups in total. The number of benzene rings is 2. The summed E-state index contributed by atoms with van der Waals surface area (Å²) in [6.45, 7) is 0. The second kappa shape index (κ2) is 5.88. The first-order chi connectivity index (χ1) is 10.1.